The van der Waals surface area contributed by atoms with Crippen LogP contribution in [0.2, 0.25) is 0 Å². The van der Waals surface area contributed by atoms with Gasteiger partial charge in [0.05, 0.1) is 19.1 Å². The maximum absolute atomic E-state index is 12.8. The Bertz CT molecular complexity index is 1200. The van der Waals surface area contributed by atoms with Gasteiger partial charge in [-0.15, -0.1) is 0 Å². The van der Waals surface area contributed by atoms with Crippen molar-refractivity contribution in [1.29, 1.82) is 0 Å². The first-order valence-corrected chi connectivity index (χ1v) is 27.8. The van der Waals surface area contributed by atoms with Crippen molar-refractivity contribution in [2.75, 3.05) is 46.6 Å². The predicted molar refractivity (Wildman–Crippen MR) is 268 cm³/mol. The minimum Gasteiger partial charge on any atom is -0.466 e. The van der Waals surface area contributed by atoms with Crippen LogP contribution in [-0.2, 0) is 47.6 Å². The fraction of sp³-hybridized carbons (Fsp3) is 0.909. The molecule has 0 aliphatic carbocycles. The van der Waals surface area contributed by atoms with Gasteiger partial charge in [0.25, 0.3) is 0 Å². The average Bonchev–Trinajstić information content (AvgIpc) is 3.73. The molecule has 0 radical (unpaired) electrons. The summed E-state index contributed by atoms with van der Waals surface area (Å²) in [5, 5.41) is 0. The minimum atomic E-state index is -0.797. The molecule has 2 unspecified atom stereocenters. The van der Waals surface area contributed by atoms with Gasteiger partial charge in [0.2, 0.25) is 0 Å². The molecule has 67 heavy (non-hydrogen) atoms. The van der Waals surface area contributed by atoms with Crippen LogP contribution in [0.5, 0.6) is 0 Å². The number of rotatable bonds is 47. The molecule has 1 aliphatic heterocycles. The fourth-order valence-corrected chi connectivity index (χ4v) is 8.65. The van der Waals surface area contributed by atoms with Crippen LogP contribution in [0.4, 0.5) is 4.79 Å². The molecule has 1 fully saturated rings. The van der Waals surface area contributed by atoms with Crippen molar-refractivity contribution in [1.82, 2.24) is 4.90 Å². The lowest BCUT2D eigenvalue weighted by molar-refractivity contribution is -0.151. The predicted octanol–water partition coefficient (Wildman–Crippen LogP) is 14.1. The molecular weight excluding hydrogens is 851 g/mol. The first-order valence-electron chi connectivity index (χ1n) is 27.8. The third kappa shape index (κ3) is 39.6. The van der Waals surface area contributed by atoms with Gasteiger partial charge in [0.1, 0.15) is 25.9 Å². The van der Waals surface area contributed by atoms with Gasteiger partial charge in [-0.25, -0.2) is 4.79 Å². The molecule has 0 N–H and O–H groups in total. The van der Waals surface area contributed by atoms with Crippen molar-refractivity contribution in [3.63, 3.8) is 0 Å². The number of ether oxygens (including phenoxy) is 6. The highest BCUT2D eigenvalue weighted by atomic mass is 16.7. The van der Waals surface area contributed by atoms with E-state index in [4.69, 9.17) is 28.4 Å². The number of carbonyl (C=O) groups excluding carboxylic acids is 5. The van der Waals surface area contributed by atoms with E-state index in [1.165, 1.54) is 103 Å². The zero-order chi connectivity index (χ0) is 48.8. The summed E-state index contributed by atoms with van der Waals surface area (Å²) in [7, 11) is 2.07. The van der Waals surface area contributed by atoms with E-state index in [1.54, 1.807) is 0 Å². The second-order valence-corrected chi connectivity index (χ2v) is 19.5. The van der Waals surface area contributed by atoms with Crippen LogP contribution in [0, 0.1) is 5.92 Å². The highest BCUT2D eigenvalue weighted by Gasteiger charge is 2.22. The molecule has 1 saturated heterocycles. The van der Waals surface area contributed by atoms with E-state index in [2.05, 4.69) is 32.7 Å². The van der Waals surface area contributed by atoms with Crippen LogP contribution in [-0.4, -0.2) is 93.7 Å². The van der Waals surface area contributed by atoms with Crippen LogP contribution < -0.4 is 0 Å². The molecule has 1 rings (SSSR count). The molecule has 0 saturated carbocycles. The number of esters is 4. The largest absolute Gasteiger partial charge is 0.508 e. The Morgan fingerprint density at radius 1 is 0.448 bits per heavy atom. The van der Waals surface area contributed by atoms with Crippen LogP contribution in [0.1, 0.15) is 258 Å². The zero-order valence-electron chi connectivity index (χ0n) is 43.6. The Morgan fingerprint density at radius 3 is 1.33 bits per heavy atom. The Labute approximate surface area is 409 Å². The van der Waals surface area contributed by atoms with Crippen LogP contribution in [0.3, 0.4) is 0 Å². The maximum atomic E-state index is 12.8. The Hall–Kier alpha value is -2.89. The van der Waals surface area contributed by atoms with Crippen molar-refractivity contribution in [3.8, 4) is 0 Å². The lowest BCUT2D eigenvalue weighted by Gasteiger charge is -2.19. The SMILES string of the molecule is CCCCCCCCCCOC(=O)CCCCCCCC(=O)OCC(COC(=O)CCCCCC(=O)OC(CCCCCCCC)CCCCCCCC)COC(=O)OCCC1CCCN1C. The fourth-order valence-electron chi connectivity index (χ4n) is 8.65. The van der Waals surface area contributed by atoms with Crippen molar-refractivity contribution >= 4 is 30.0 Å². The van der Waals surface area contributed by atoms with Gasteiger partial charge in [0.15, 0.2) is 0 Å². The van der Waals surface area contributed by atoms with Gasteiger partial charge in [-0.05, 0) is 90.6 Å². The smallest absolute Gasteiger partial charge is 0.466 e. The molecule has 12 heteroatoms. The molecule has 0 amide bonds. The first-order chi connectivity index (χ1) is 32.7. The Morgan fingerprint density at radius 2 is 0.851 bits per heavy atom. The van der Waals surface area contributed by atoms with E-state index in [-0.39, 0.29) is 63.3 Å². The molecule has 0 aromatic carbocycles. The number of likely N-dealkylation sites (tertiary alicyclic amines) is 1. The van der Waals surface area contributed by atoms with Crippen molar-refractivity contribution in [3.05, 3.63) is 0 Å². The number of nitrogens with zero attached hydrogens (tertiary/aromatic N) is 1. The van der Waals surface area contributed by atoms with E-state index in [1.807, 2.05) is 0 Å². The third-order valence-electron chi connectivity index (χ3n) is 13.1. The molecule has 2 atom stereocenters. The van der Waals surface area contributed by atoms with Crippen LogP contribution >= 0.6 is 0 Å². The molecule has 1 heterocycles. The van der Waals surface area contributed by atoms with Crippen LogP contribution in [0.25, 0.3) is 0 Å². The second kappa shape index (κ2) is 45.5. The highest BCUT2D eigenvalue weighted by Crippen LogP contribution is 2.20. The zero-order valence-corrected chi connectivity index (χ0v) is 43.6. The summed E-state index contributed by atoms with van der Waals surface area (Å²) in [5.41, 5.74) is 0. The van der Waals surface area contributed by atoms with Gasteiger partial charge in [-0.3, -0.25) is 19.2 Å². The van der Waals surface area contributed by atoms with E-state index < -0.39 is 18.0 Å². The number of hydrogen-bond acceptors (Lipinski definition) is 12. The van der Waals surface area contributed by atoms with Crippen LogP contribution in [0.15, 0.2) is 0 Å². The summed E-state index contributed by atoms with van der Waals surface area (Å²) in [6.07, 6.45) is 35.5. The molecule has 392 valence electrons. The monoisotopic (exact) mass is 952 g/mol. The van der Waals surface area contributed by atoms with Crippen molar-refractivity contribution < 1.29 is 52.4 Å². The lowest BCUT2D eigenvalue weighted by Crippen LogP contribution is -2.28. The molecular formula is C55H101NO11. The summed E-state index contributed by atoms with van der Waals surface area (Å²) >= 11 is 0. The quantitative estimate of drug-likeness (QED) is 0.0325. The summed E-state index contributed by atoms with van der Waals surface area (Å²) in [6, 6.07) is 0.387. The second-order valence-electron chi connectivity index (χ2n) is 19.5. The van der Waals surface area contributed by atoms with Gasteiger partial charge >= 0.3 is 30.0 Å². The van der Waals surface area contributed by atoms with Gasteiger partial charge in [-0.2, -0.15) is 0 Å². The van der Waals surface area contributed by atoms with Crippen molar-refractivity contribution in [2.24, 2.45) is 5.92 Å². The van der Waals surface area contributed by atoms with E-state index in [9.17, 15) is 24.0 Å². The topological polar surface area (TPSA) is 144 Å². The summed E-state index contributed by atoms with van der Waals surface area (Å²) in [4.78, 5) is 65.0. The van der Waals surface area contributed by atoms with E-state index in [0.29, 0.717) is 51.2 Å². The summed E-state index contributed by atoms with van der Waals surface area (Å²) in [6.45, 7) is 8.23. The summed E-state index contributed by atoms with van der Waals surface area (Å²) in [5.74, 6) is -1.58. The lowest BCUT2D eigenvalue weighted by atomic mass is 10.0. The molecule has 0 bridgehead atoms. The Balaban J connectivity index is 2.40. The molecule has 0 spiro atoms. The maximum Gasteiger partial charge on any atom is 0.508 e. The average molecular weight is 952 g/mol. The molecule has 0 aromatic heterocycles. The Kier molecular flexibility index (Phi) is 42.2. The van der Waals surface area contributed by atoms with E-state index in [0.717, 1.165) is 90.0 Å². The van der Waals surface area contributed by atoms with Gasteiger partial charge < -0.3 is 33.3 Å². The highest BCUT2D eigenvalue weighted by molar-refractivity contribution is 5.70. The van der Waals surface area contributed by atoms with Gasteiger partial charge in [-0.1, -0.05) is 156 Å². The number of hydrogen-bond donors (Lipinski definition) is 0. The third-order valence-corrected chi connectivity index (χ3v) is 13.1. The molecule has 1 aliphatic rings. The van der Waals surface area contributed by atoms with Gasteiger partial charge in [0, 0.05) is 31.7 Å². The number of unbranched alkanes of at least 4 members (excludes halogenated alkanes) is 23. The summed E-state index contributed by atoms with van der Waals surface area (Å²) < 4.78 is 33.2. The minimum absolute atomic E-state index is 0.00855. The normalized spacial score (nSPS) is 14.3. The van der Waals surface area contributed by atoms with E-state index >= 15 is 0 Å². The molecule has 12 nitrogen and oxygen atoms in total. The number of carbonyl (C=O) groups is 5. The standard InChI is InChI=1S/C55H101NO11/c1-5-8-11-14-17-18-24-32-43-62-51(57)37-28-22-19-23-29-38-52(58)64-45-48(47-66-55(61)63-44-41-49-34-33-42-56(49)4)46-65-53(59)39-30-25-31-40-54(60)67-50(35-26-20-15-12-9-6-2)36-27-21-16-13-10-7-3/h48-50H,5-47H2,1-4H3. The first kappa shape index (κ1) is 62.1. The van der Waals surface area contributed by atoms with Crippen molar-refractivity contribution in [2.45, 2.75) is 270 Å². The molecule has 0 aromatic rings.